The zero-order valence-corrected chi connectivity index (χ0v) is 47.0. The van der Waals surface area contributed by atoms with Gasteiger partial charge in [-0.2, -0.15) is 0 Å². The molecule has 0 radical (unpaired) electrons. The third kappa shape index (κ3) is 22.4. The van der Waals surface area contributed by atoms with Crippen molar-refractivity contribution in [3.05, 3.63) is 192 Å². The summed E-state index contributed by atoms with van der Waals surface area (Å²) in [5.41, 5.74) is 4.17. The molecule has 0 aliphatic rings. The molecule has 0 aliphatic heterocycles. The van der Waals surface area contributed by atoms with E-state index in [4.69, 9.17) is 28.4 Å². The minimum Gasteiger partial charge on any atom is -0.494 e. The van der Waals surface area contributed by atoms with Crippen LogP contribution in [0.5, 0.6) is 46.0 Å². The van der Waals surface area contributed by atoms with Gasteiger partial charge in [-0.05, 0) is 194 Å². The standard InChI is InChI=1S/C70H80N2O8/c1-3-5-7-9-11-13-15-17-19-21-51-75-61-39-27-57(28-40-61)69(73)79-67-35-23-55(24-36-67)53-71-59-31-43-63(44-32-59)77-65-47-49-66(50-48-65)78-64-45-33-60(34-46-64)72-54-56-25-37-68(38-26-56)80-70(74)58-29-41-62(42-30-58)76-52-22-20-18-16-14-12-10-8-6-4-2/h23-50,53-54H,3-22,51-52H2,1-2H3. The molecule has 0 heterocycles. The van der Waals surface area contributed by atoms with Crippen molar-refractivity contribution in [3.63, 3.8) is 0 Å². The molecule has 418 valence electrons. The van der Waals surface area contributed by atoms with Crippen molar-refractivity contribution in [2.45, 2.75) is 142 Å². The summed E-state index contributed by atoms with van der Waals surface area (Å²) < 4.78 is 35.2. The van der Waals surface area contributed by atoms with Crippen LogP contribution in [0, 0.1) is 0 Å². The Labute approximate surface area is 475 Å². The summed E-state index contributed by atoms with van der Waals surface area (Å²) in [6, 6.07) is 51.1. The Morgan fingerprint density at radius 3 is 0.887 bits per heavy atom. The lowest BCUT2D eigenvalue weighted by atomic mass is 10.1. The van der Waals surface area contributed by atoms with Gasteiger partial charge in [-0.25, -0.2) is 9.59 Å². The van der Waals surface area contributed by atoms with Gasteiger partial charge in [-0.1, -0.05) is 129 Å². The van der Waals surface area contributed by atoms with E-state index in [9.17, 15) is 9.59 Å². The van der Waals surface area contributed by atoms with Crippen molar-refractivity contribution in [3.8, 4) is 46.0 Å². The predicted octanol–water partition coefficient (Wildman–Crippen LogP) is 19.8. The van der Waals surface area contributed by atoms with Crippen LogP contribution in [0.3, 0.4) is 0 Å². The van der Waals surface area contributed by atoms with Crippen LogP contribution in [0.1, 0.15) is 174 Å². The summed E-state index contributed by atoms with van der Waals surface area (Å²) in [7, 11) is 0. The van der Waals surface area contributed by atoms with Crippen LogP contribution in [-0.2, 0) is 0 Å². The molecule has 80 heavy (non-hydrogen) atoms. The monoisotopic (exact) mass is 1080 g/mol. The Morgan fingerprint density at radius 2 is 0.575 bits per heavy atom. The quantitative estimate of drug-likeness (QED) is 0.0165. The van der Waals surface area contributed by atoms with E-state index in [2.05, 4.69) is 23.8 Å². The number of aliphatic imine (C=N–C) groups is 2. The molecule has 7 aromatic carbocycles. The van der Waals surface area contributed by atoms with Crippen LogP contribution in [0.15, 0.2) is 180 Å². The summed E-state index contributed by atoms with van der Waals surface area (Å²) in [6.45, 7) is 5.87. The summed E-state index contributed by atoms with van der Waals surface area (Å²) in [6.07, 6.45) is 29.2. The molecular weight excluding hydrogens is 997 g/mol. The number of carbonyl (C=O) groups is 2. The fourth-order valence-electron chi connectivity index (χ4n) is 8.86. The number of nitrogens with zero attached hydrogens (tertiary/aromatic N) is 2. The first kappa shape index (κ1) is 59.7. The first-order valence-electron chi connectivity index (χ1n) is 29.2. The Kier molecular flexibility index (Phi) is 26.0. The molecule has 0 amide bonds. The zero-order valence-electron chi connectivity index (χ0n) is 47.0. The van der Waals surface area contributed by atoms with E-state index in [0.717, 1.165) is 46.8 Å². The van der Waals surface area contributed by atoms with Gasteiger partial charge in [-0.3, -0.25) is 9.98 Å². The Bertz CT molecular complexity index is 2700. The van der Waals surface area contributed by atoms with Crippen molar-refractivity contribution in [2.75, 3.05) is 13.2 Å². The number of ether oxygens (including phenoxy) is 6. The van der Waals surface area contributed by atoms with E-state index in [1.165, 1.54) is 116 Å². The average molecular weight is 1080 g/mol. The van der Waals surface area contributed by atoms with E-state index < -0.39 is 11.9 Å². The lowest BCUT2D eigenvalue weighted by Gasteiger charge is -2.09. The molecule has 0 spiro atoms. The fourth-order valence-corrected chi connectivity index (χ4v) is 8.86. The fraction of sp³-hybridized carbons (Fsp3) is 0.343. The lowest BCUT2D eigenvalue weighted by Crippen LogP contribution is -2.08. The number of hydrogen-bond donors (Lipinski definition) is 0. The number of benzene rings is 7. The number of esters is 2. The van der Waals surface area contributed by atoms with Crippen LogP contribution in [0.4, 0.5) is 11.4 Å². The van der Waals surface area contributed by atoms with Gasteiger partial charge in [0.05, 0.1) is 35.7 Å². The molecule has 10 heteroatoms. The van der Waals surface area contributed by atoms with Crippen molar-refractivity contribution < 1.29 is 38.0 Å². The third-order valence-electron chi connectivity index (χ3n) is 13.6. The van der Waals surface area contributed by atoms with Gasteiger partial charge in [0.2, 0.25) is 0 Å². The van der Waals surface area contributed by atoms with E-state index in [0.29, 0.717) is 58.8 Å². The van der Waals surface area contributed by atoms with E-state index in [1.807, 2.05) is 121 Å². The van der Waals surface area contributed by atoms with Gasteiger partial charge in [0.25, 0.3) is 0 Å². The van der Waals surface area contributed by atoms with E-state index in [-0.39, 0.29) is 0 Å². The molecular formula is C70H80N2O8. The molecule has 0 unspecified atom stereocenters. The molecule has 0 aromatic heterocycles. The summed E-state index contributed by atoms with van der Waals surface area (Å²) in [5, 5.41) is 0. The van der Waals surface area contributed by atoms with Crippen LogP contribution in [0.25, 0.3) is 0 Å². The normalized spacial score (nSPS) is 11.2. The smallest absolute Gasteiger partial charge is 0.343 e. The highest BCUT2D eigenvalue weighted by molar-refractivity contribution is 5.92. The summed E-state index contributed by atoms with van der Waals surface area (Å²) in [5.74, 6) is 4.23. The molecule has 0 fully saturated rings. The number of carbonyl (C=O) groups excluding carboxylic acids is 2. The molecule has 0 N–H and O–H groups in total. The minimum absolute atomic E-state index is 0.425. The second-order valence-corrected chi connectivity index (χ2v) is 20.2. The maximum Gasteiger partial charge on any atom is 0.343 e. The maximum atomic E-state index is 12.8. The Hall–Kier alpha value is -7.98. The summed E-state index contributed by atoms with van der Waals surface area (Å²) >= 11 is 0. The van der Waals surface area contributed by atoms with Gasteiger partial charge in [0.15, 0.2) is 0 Å². The maximum absolute atomic E-state index is 12.8. The molecule has 10 nitrogen and oxygen atoms in total. The second kappa shape index (κ2) is 34.8. The largest absolute Gasteiger partial charge is 0.494 e. The topological polar surface area (TPSA) is 114 Å². The molecule has 0 atom stereocenters. The zero-order chi connectivity index (χ0) is 55.7. The first-order valence-corrected chi connectivity index (χ1v) is 29.2. The highest BCUT2D eigenvalue weighted by atomic mass is 16.5. The van der Waals surface area contributed by atoms with Crippen molar-refractivity contribution in [2.24, 2.45) is 9.98 Å². The Balaban J connectivity index is 0.753. The van der Waals surface area contributed by atoms with Gasteiger partial charge < -0.3 is 28.4 Å². The molecule has 0 saturated carbocycles. The molecule has 7 aromatic rings. The van der Waals surface area contributed by atoms with Crippen molar-refractivity contribution in [1.29, 1.82) is 0 Å². The number of hydrogen-bond acceptors (Lipinski definition) is 10. The third-order valence-corrected chi connectivity index (χ3v) is 13.6. The number of rotatable bonds is 36. The SMILES string of the molecule is CCCCCCCCCCCCOc1ccc(C(=O)Oc2ccc(C=Nc3ccc(Oc4ccc(Oc5ccc(N=Cc6ccc(OC(=O)c7ccc(OCCCCCCCCCCCC)cc7)cc6)cc5)cc4)cc3)cc2)cc1. The molecule has 0 aliphatic carbocycles. The van der Waals surface area contributed by atoms with Gasteiger partial charge >= 0.3 is 11.9 Å². The molecule has 0 saturated heterocycles. The van der Waals surface area contributed by atoms with Crippen LogP contribution in [-0.4, -0.2) is 37.6 Å². The van der Waals surface area contributed by atoms with Gasteiger partial charge in [0.1, 0.15) is 46.0 Å². The molecule has 7 rings (SSSR count). The van der Waals surface area contributed by atoms with Crippen LogP contribution in [0.2, 0.25) is 0 Å². The van der Waals surface area contributed by atoms with Crippen molar-refractivity contribution in [1.82, 2.24) is 0 Å². The summed E-state index contributed by atoms with van der Waals surface area (Å²) in [4.78, 5) is 34.9. The van der Waals surface area contributed by atoms with Crippen LogP contribution >= 0.6 is 0 Å². The Morgan fingerprint density at radius 1 is 0.312 bits per heavy atom. The number of unbranched alkanes of at least 4 members (excludes halogenated alkanes) is 18. The van der Waals surface area contributed by atoms with Gasteiger partial charge in [-0.15, -0.1) is 0 Å². The second-order valence-electron chi connectivity index (χ2n) is 20.2. The van der Waals surface area contributed by atoms with Gasteiger partial charge in [0, 0.05) is 12.4 Å². The highest BCUT2D eigenvalue weighted by Crippen LogP contribution is 2.30. The van der Waals surface area contributed by atoms with E-state index in [1.54, 1.807) is 61.0 Å². The lowest BCUT2D eigenvalue weighted by molar-refractivity contribution is 0.0725. The average Bonchev–Trinajstić information content (AvgIpc) is 3.49. The van der Waals surface area contributed by atoms with Crippen LogP contribution < -0.4 is 28.4 Å². The van der Waals surface area contributed by atoms with E-state index >= 15 is 0 Å². The minimum atomic E-state index is -0.425. The molecule has 0 bridgehead atoms. The van der Waals surface area contributed by atoms with Crippen molar-refractivity contribution >= 4 is 35.7 Å². The predicted molar refractivity (Wildman–Crippen MR) is 324 cm³/mol. The first-order chi connectivity index (χ1) is 39.4. The highest BCUT2D eigenvalue weighted by Gasteiger charge is 2.11.